The van der Waals surface area contributed by atoms with Crippen LogP contribution in [0.25, 0.3) is 0 Å². The van der Waals surface area contributed by atoms with Crippen molar-refractivity contribution in [3.05, 3.63) is 24.0 Å². The second kappa shape index (κ2) is 6.73. The van der Waals surface area contributed by atoms with Crippen LogP contribution >= 0.6 is 0 Å². The topological polar surface area (TPSA) is 51.4 Å². The molecule has 1 aliphatic rings. The third-order valence-electron chi connectivity index (χ3n) is 3.61. The van der Waals surface area contributed by atoms with Crippen LogP contribution in [0.3, 0.4) is 0 Å². The first-order valence-electron chi connectivity index (χ1n) is 6.97. The van der Waals surface area contributed by atoms with Crippen LogP contribution in [0, 0.1) is 5.92 Å². The number of rotatable bonds is 5. The van der Waals surface area contributed by atoms with Gasteiger partial charge < -0.3 is 20.1 Å². The molecule has 0 spiro atoms. The van der Waals surface area contributed by atoms with E-state index in [0.29, 0.717) is 6.54 Å². The molecule has 2 N–H and O–H groups in total. The SMILES string of the molecule is CC(CN1CCNCC1)C(=O)N(C)Cc1ccc[nH]1. The zero-order valence-electron chi connectivity index (χ0n) is 11.9. The quantitative estimate of drug-likeness (QED) is 0.815. The van der Waals surface area contributed by atoms with Crippen molar-refractivity contribution in [1.29, 1.82) is 0 Å². The predicted octanol–water partition coefficient (Wildman–Crippen LogP) is 0.514. The van der Waals surface area contributed by atoms with Crippen molar-refractivity contribution in [2.24, 2.45) is 5.92 Å². The van der Waals surface area contributed by atoms with Gasteiger partial charge in [0, 0.05) is 57.6 Å². The number of nitrogens with zero attached hydrogens (tertiary/aromatic N) is 2. The number of amides is 1. The molecule has 1 aromatic rings. The van der Waals surface area contributed by atoms with E-state index in [1.165, 1.54) is 0 Å². The molecule has 0 saturated carbocycles. The summed E-state index contributed by atoms with van der Waals surface area (Å²) < 4.78 is 0. The molecule has 5 heteroatoms. The first-order chi connectivity index (χ1) is 9.16. The van der Waals surface area contributed by atoms with Gasteiger partial charge in [-0.1, -0.05) is 6.92 Å². The van der Waals surface area contributed by atoms with E-state index in [4.69, 9.17) is 0 Å². The largest absolute Gasteiger partial charge is 0.364 e. The summed E-state index contributed by atoms with van der Waals surface area (Å²) >= 11 is 0. The Morgan fingerprint density at radius 2 is 2.21 bits per heavy atom. The molecule has 2 rings (SSSR count). The number of nitrogens with one attached hydrogen (secondary N) is 2. The lowest BCUT2D eigenvalue weighted by atomic mass is 10.1. The van der Waals surface area contributed by atoms with Crippen LogP contribution in [0.1, 0.15) is 12.6 Å². The van der Waals surface area contributed by atoms with E-state index in [1.54, 1.807) is 4.90 Å². The number of carbonyl (C=O) groups is 1. The maximum Gasteiger partial charge on any atom is 0.226 e. The lowest BCUT2D eigenvalue weighted by Gasteiger charge is -2.30. The summed E-state index contributed by atoms with van der Waals surface area (Å²) in [7, 11) is 1.87. The fraction of sp³-hybridized carbons (Fsp3) is 0.643. The molecule has 0 aliphatic carbocycles. The molecule has 1 aliphatic heterocycles. The smallest absolute Gasteiger partial charge is 0.226 e. The van der Waals surface area contributed by atoms with E-state index in [-0.39, 0.29) is 11.8 Å². The summed E-state index contributed by atoms with van der Waals surface area (Å²) in [4.78, 5) is 19.6. The van der Waals surface area contributed by atoms with Gasteiger partial charge in [0.2, 0.25) is 5.91 Å². The summed E-state index contributed by atoms with van der Waals surface area (Å²) in [5, 5.41) is 3.33. The Bertz CT molecular complexity index is 384. The molecule has 0 bridgehead atoms. The molecule has 106 valence electrons. The molecule has 1 amide bonds. The Balaban J connectivity index is 1.80. The summed E-state index contributed by atoms with van der Waals surface area (Å²) in [6.07, 6.45) is 1.89. The molecule has 0 aromatic carbocycles. The Morgan fingerprint density at radius 1 is 1.47 bits per heavy atom. The average molecular weight is 264 g/mol. The van der Waals surface area contributed by atoms with Crippen LogP contribution in [0.5, 0.6) is 0 Å². The zero-order chi connectivity index (χ0) is 13.7. The minimum Gasteiger partial charge on any atom is -0.364 e. The van der Waals surface area contributed by atoms with E-state index in [1.807, 2.05) is 32.3 Å². The van der Waals surface area contributed by atoms with Crippen molar-refractivity contribution in [1.82, 2.24) is 20.1 Å². The third kappa shape index (κ3) is 4.08. The molecule has 5 nitrogen and oxygen atoms in total. The van der Waals surface area contributed by atoms with Crippen LogP contribution in [0.4, 0.5) is 0 Å². The van der Waals surface area contributed by atoms with E-state index < -0.39 is 0 Å². The molecular formula is C14H24N4O. The van der Waals surface area contributed by atoms with Gasteiger partial charge in [-0.2, -0.15) is 0 Å². The summed E-state index contributed by atoms with van der Waals surface area (Å²) in [5.74, 6) is 0.270. The minimum absolute atomic E-state index is 0.0538. The maximum atomic E-state index is 12.3. The lowest BCUT2D eigenvalue weighted by molar-refractivity contribution is -0.134. The highest BCUT2D eigenvalue weighted by Gasteiger charge is 2.21. The van der Waals surface area contributed by atoms with Gasteiger partial charge in [-0.3, -0.25) is 4.79 Å². The van der Waals surface area contributed by atoms with Crippen LogP contribution < -0.4 is 5.32 Å². The first-order valence-corrected chi connectivity index (χ1v) is 6.97. The molecule has 2 heterocycles. The summed E-state index contributed by atoms with van der Waals surface area (Å²) in [5.41, 5.74) is 1.07. The molecule has 19 heavy (non-hydrogen) atoms. The van der Waals surface area contributed by atoms with Crippen molar-refractivity contribution in [2.75, 3.05) is 39.8 Å². The van der Waals surface area contributed by atoms with Gasteiger partial charge in [-0.05, 0) is 12.1 Å². The predicted molar refractivity (Wildman–Crippen MR) is 75.7 cm³/mol. The summed E-state index contributed by atoms with van der Waals surface area (Å²) in [6.45, 7) is 7.66. The first kappa shape index (κ1) is 14.1. The van der Waals surface area contributed by atoms with E-state index >= 15 is 0 Å². The normalized spacial score (nSPS) is 18.2. The molecule has 1 unspecified atom stereocenters. The highest BCUT2D eigenvalue weighted by Crippen LogP contribution is 2.08. The van der Waals surface area contributed by atoms with Crippen LogP contribution in [-0.2, 0) is 11.3 Å². The second-order valence-electron chi connectivity index (χ2n) is 5.34. The van der Waals surface area contributed by atoms with Crippen molar-refractivity contribution in [3.8, 4) is 0 Å². The molecule has 1 fully saturated rings. The second-order valence-corrected chi connectivity index (χ2v) is 5.34. The van der Waals surface area contributed by atoms with E-state index in [2.05, 4.69) is 15.2 Å². The number of aromatic nitrogens is 1. The molecule has 1 aromatic heterocycles. The number of piperazine rings is 1. The van der Waals surface area contributed by atoms with Gasteiger partial charge in [0.05, 0.1) is 6.54 Å². The van der Waals surface area contributed by atoms with Crippen molar-refractivity contribution in [3.63, 3.8) is 0 Å². The number of hydrogen-bond acceptors (Lipinski definition) is 3. The zero-order valence-corrected chi connectivity index (χ0v) is 11.9. The summed E-state index contributed by atoms with van der Waals surface area (Å²) in [6, 6.07) is 3.96. The van der Waals surface area contributed by atoms with E-state index in [0.717, 1.165) is 38.4 Å². The van der Waals surface area contributed by atoms with Gasteiger partial charge in [0.15, 0.2) is 0 Å². The van der Waals surface area contributed by atoms with Crippen molar-refractivity contribution in [2.45, 2.75) is 13.5 Å². The number of hydrogen-bond donors (Lipinski definition) is 2. The standard InChI is InChI=1S/C14H24N4O/c1-12(10-18-8-6-15-7-9-18)14(19)17(2)11-13-4-3-5-16-13/h3-5,12,15-16H,6-11H2,1-2H3. The molecular weight excluding hydrogens is 240 g/mol. The Hall–Kier alpha value is -1.33. The van der Waals surface area contributed by atoms with Crippen molar-refractivity contribution < 1.29 is 4.79 Å². The maximum absolute atomic E-state index is 12.3. The van der Waals surface area contributed by atoms with Crippen LogP contribution in [0.2, 0.25) is 0 Å². The highest BCUT2D eigenvalue weighted by molar-refractivity contribution is 5.78. The lowest BCUT2D eigenvalue weighted by Crippen LogP contribution is -2.47. The molecule has 1 atom stereocenters. The van der Waals surface area contributed by atoms with E-state index in [9.17, 15) is 4.79 Å². The fourth-order valence-electron chi connectivity index (χ4n) is 2.53. The number of carbonyl (C=O) groups excluding carboxylic acids is 1. The van der Waals surface area contributed by atoms with Crippen LogP contribution in [-0.4, -0.2) is 60.5 Å². The van der Waals surface area contributed by atoms with Gasteiger partial charge in [-0.15, -0.1) is 0 Å². The highest BCUT2D eigenvalue weighted by atomic mass is 16.2. The Kier molecular flexibility index (Phi) is 4.99. The minimum atomic E-state index is 0.0538. The van der Waals surface area contributed by atoms with Crippen LogP contribution in [0.15, 0.2) is 18.3 Å². The Morgan fingerprint density at radius 3 is 2.84 bits per heavy atom. The number of H-pyrrole nitrogens is 1. The van der Waals surface area contributed by atoms with Gasteiger partial charge in [0.25, 0.3) is 0 Å². The average Bonchev–Trinajstić information content (AvgIpc) is 2.91. The monoisotopic (exact) mass is 264 g/mol. The van der Waals surface area contributed by atoms with Gasteiger partial charge >= 0.3 is 0 Å². The van der Waals surface area contributed by atoms with Crippen molar-refractivity contribution >= 4 is 5.91 Å². The molecule has 0 radical (unpaired) electrons. The fourth-order valence-corrected chi connectivity index (χ4v) is 2.53. The number of aromatic amines is 1. The Labute approximate surface area is 115 Å². The third-order valence-corrected chi connectivity index (χ3v) is 3.61. The van der Waals surface area contributed by atoms with Gasteiger partial charge in [-0.25, -0.2) is 0 Å². The van der Waals surface area contributed by atoms with Gasteiger partial charge in [0.1, 0.15) is 0 Å². The molecule has 1 saturated heterocycles.